The maximum absolute atomic E-state index is 12.7. The van der Waals surface area contributed by atoms with Gasteiger partial charge in [-0.1, -0.05) is 6.92 Å². The predicted molar refractivity (Wildman–Crippen MR) is 108 cm³/mol. The van der Waals surface area contributed by atoms with Crippen molar-refractivity contribution in [2.45, 2.75) is 32.9 Å². The standard InChI is InChI=1S/C19H36F3N5O2/c1-5-26(15-19(20,21)22)13-16-8-10-27(14-16)18(23-9-7-11-29-6-2)24-12-17(28)25(3)4/h16H,5-15H2,1-4H3,(H,23,24). The van der Waals surface area contributed by atoms with Crippen LogP contribution in [0.5, 0.6) is 0 Å². The van der Waals surface area contributed by atoms with Gasteiger partial charge in [0.15, 0.2) is 5.96 Å². The molecule has 7 nitrogen and oxygen atoms in total. The Bertz CT molecular complexity index is 515. The summed E-state index contributed by atoms with van der Waals surface area (Å²) in [4.78, 5) is 21.3. The van der Waals surface area contributed by atoms with Crippen molar-refractivity contribution in [2.75, 3.05) is 73.1 Å². The van der Waals surface area contributed by atoms with E-state index >= 15 is 0 Å². The van der Waals surface area contributed by atoms with Crippen LogP contribution in [0.15, 0.2) is 4.99 Å². The number of ether oxygens (including phenoxy) is 1. The topological polar surface area (TPSA) is 60.4 Å². The molecule has 29 heavy (non-hydrogen) atoms. The summed E-state index contributed by atoms with van der Waals surface area (Å²) < 4.78 is 43.5. The molecule has 0 aromatic heterocycles. The molecule has 1 aliphatic heterocycles. The molecule has 0 saturated carbocycles. The van der Waals surface area contributed by atoms with E-state index in [1.807, 2.05) is 11.8 Å². The number of halogens is 3. The van der Waals surface area contributed by atoms with Crippen LogP contribution in [0.4, 0.5) is 13.2 Å². The molecule has 0 bridgehead atoms. The van der Waals surface area contributed by atoms with E-state index in [1.165, 1.54) is 9.80 Å². The number of hydrogen-bond acceptors (Lipinski definition) is 4. The molecule has 0 spiro atoms. The number of carbonyl (C=O) groups is 1. The number of nitrogens with one attached hydrogen (secondary N) is 1. The van der Waals surface area contributed by atoms with E-state index < -0.39 is 12.7 Å². The fraction of sp³-hybridized carbons (Fsp3) is 0.895. The van der Waals surface area contributed by atoms with Crippen LogP contribution in [0.2, 0.25) is 0 Å². The highest BCUT2D eigenvalue weighted by atomic mass is 19.4. The van der Waals surface area contributed by atoms with Crippen LogP contribution in [-0.2, 0) is 9.53 Å². The third kappa shape index (κ3) is 10.7. The van der Waals surface area contributed by atoms with Gasteiger partial charge in [0.1, 0.15) is 6.54 Å². The van der Waals surface area contributed by atoms with Crippen molar-refractivity contribution in [3.8, 4) is 0 Å². The number of likely N-dealkylation sites (tertiary alicyclic amines) is 1. The zero-order chi connectivity index (χ0) is 21.9. The van der Waals surface area contributed by atoms with E-state index in [9.17, 15) is 18.0 Å². The molecule has 0 radical (unpaired) electrons. The van der Waals surface area contributed by atoms with E-state index in [-0.39, 0.29) is 18.4 Å². The monoisotopic (exact) mass is 423 g/mol. The molecule has 1 unspecified atom stereocenters. The van der Waals surface area contributed by atoms with Gasteiger partial charge in [0.2, 0.25) is 5.91 Å². The van der Waals surface area contributed by atoms with E-state index in [0.29, 0.717) is 51.9 Å². The SMILES string of the molecule is CCOCCCNC(=NCC(=O)N(C)C)N1CCC(CN(CC)CC(F)(F)F)C1. The Balaban J connectivity index is 2.65. The summed E-state index contributed by atoms with van der Waals surface area (Å²) in [7, 11) is 3.36. The first-order chi connectivity index (χ1) is 13.7. The number of rotatable bonds is 11. The van der Waals surface area contributed by atoms with Crippen LogP contribution in [0.25, 0.3) is 0 Å². The Labute approximate surface area is 172 Å². The number of likely N-dealkylation sites (N-methyl/N-ethyl adjacent to an activating group) is 1. The molecule has 0 aromatic rings. The number of hydrogen-bond donors (Lipinski definition) is 1. The lowest BCUT2D eigenvalue weighted by Crippen LogP contribution is -2.43. The molecule has 1 fully saturated rings. The van der Waals surface area contributed by atoms with Crippen molar-refractivity contribution in [1.82, 2.24) is 20.0 Å². The molecule has 1 saturated heterocycles. The van der Waals surface area contributed by atoms with Crippen molar-refractivity contribution >= 4 is 11.9 Å². The van der Waals surface area contributed by atoms with Gasteiger partial charge in [0.25, 0.3) is 0 Å². The van der Waals surface area contributed by atoms with E-state index in [0.717, 1.165) is 12.8 Å². The largest absolute Gasteiger partial charge is 0.401 e. The van der Waals surface area contributed by atoms with Crippen LogP contribution in [-0.4, -0.2) is 106 Å². The first-order valence-corrected chi connectivity index (χ1v) is 10.3. The number of guanidine groups is 1. The highest BCUT2D eigenvalue weighted by molar-refractivity contribution is 5.85. The Morgan fingerprint density at radius 1 is 1.31 bits per heavy atom. The van der Waals surface area contributed by atoms with E-state index in [1.54, 1.807) is 21.0 Å². The fourth-order valence-corrected chi connectivity index (χ4v) is 3.17. The lowest BCUT2D eigenvalue weighted by molar-refractivity contribution is -0.146. The second-order valence-electron chi connectivity index (χ2n) is 7.45. The summed E-state index contributed by atoms with van der Waals surface area (Å²) in [6.07, 6.45) is -2.58. The number of aliphatic imine (C=N–C) groups is 1. The van der Waals surface area contributed by atoms with Gasteiger partial charge in [-0.2, -0.15) is 13.2 Å². The van der Waals surface area contributed by atoms with Crippen LogP contribution in [0.3, 0.4) is 0 Å². The first kappa shape index (κ1) is 25.5. The summed E-state index contributed by atoms with van der Waals surface area (Å²) >= 11 is 0. The third-order valence-corrected chi connectivity index (χ3v) is 4.77. The zero-order valence-corrected chi connectivity index (χ0v) is 18.1. The minimum absolute atomic E-state index is 0.0388. The zero-order valence-electron chi connectivity index (χ0n) is 18.1. The lowest BCUT2D eigenvalue weighted by atomic mass is 10.1. The van der Waals surface area contributed by atoms with Gasteiger partial charge >= 0.3 is 6.18 Å². The molecule has 1 heterocycles. The second kappa shape index (κ2) is 12.9. The summed E-state index contributed by atoms with van der Waals surface area (Å²) in [6, 6.07) is 0. The van der Waals surface area contributed by atoms with E-state index in [4.69, 9.17) is 4.74 Å². The molecule has 170 valence electrons. The number of alkyl halides is 3. The molecule has 1 aliphatic rings. The van der Waals surface area contributed by atoms with Gasteiger partial charge in [-0.3, -0.25) is 9.69 Å². The number of carbonyl (C=O) groups excluding carboxylic acids is 1. The highest BCUT2D eigenvalue weighted by Gasteiger charge is 2.33. The van der Waals surface area contributed by atoms with Crippen molar-refractivity contribution in [3.05, 3.63) is 0 Å². The smallest absolute Gasteiger partial charge is 0.382 e. The Kier molecular flexibility index (Phi) is 11.3. The Morgan fingerprint density at radius 2 is 2.03 bits per heavy atom. The van der Waals surface area contributed by atoms with Gasteiger partial charge < -0.3 is 19.9 Å². The van der Waals surface area contributed by atoms with Gasteiger partial charge in [-0.05, 0) is 32.2 Å². The molecule has 0 aromatic carbocycles. The van der Waals surface area contributed by atoms with Gasteiger partial charge in [-0.25, -0.2) is 4.99 Å². The fourth-order valence-electron chi connectivity index (χ4n) is 3.17. The third-order valence-electron chi connectivity index (χ3n) is 4.77. The second-order valence-corrected chi connectivity index (χ2v) is 7.45. The molecule has 1 N–H and O–H groups in total. The minimum Gasteiger partial charge on any atom is -0.382 e. The average molecular weight is 424 g/mol. The van der Waals surface area contributed by atoms with Gasteiger partial charge in [0.05, 0.1) is 6.54 Å². The molecular formula is C19H36F3N5O2. The van der Waals surface area contributed by atoms with Crippen LogP contribution < -0.4 is 5.32 Å². The number of nitrogens with zero attached hydrogens (tertiary/aromatic N) is 4. The van der Waals surface area contributed by atoms with Crippen LogP contribution in [0, 0.1) is 5.92 Å². The maximum Gasteiger partial charge on any atom is 0.401 e. The molecule has 1 rings (SSSR count). The Morgan fingerprint density at radius 3 is 2.62 bits per heavy atom. The normalized spacial score (nSPS) is 17.9. The molecule has 1 atom stereocenters. The van der Waals surface area contributed by atoms with E-state index in [2.05, 4.69) is 10.3 Å². The van der Waals surface area contributed by atoms with Gasteiger partial charge in [0, 0.05) is 53.5 Å². The quantitative estimate of drug-likeness (QED) is 0.311. The molecule has 0 aliphatic carbocycles. The molecular weight excluding hydrogens is 387 g/mol. The summed E-state index contributed by atoms with van der Waals surface area (Å²) in [5.74, 6) is 0.673. The minimum atomic E-state index is -4.18. The Hall–Kier alpha value is -1.55. The average Bonchev–Trinajstić information content (AvgIpc) is 3.10. The van der Waals surface area contributed by atoms with Crippen molar-refractivity contribution < 1.29 is 22.7 Å². The summed E-state index contributed by atoms with van der Waals surface area (Å²) in [5, 5.41) is 3.27. The number of amides is 1. The molecule has 10 heteroatoms. The van der Waals surface area contributed by atoms with Crippen molar-refractivity contribution in [2.24, 2.45) is 10.9 Å². The maximum atomic E-state index is 12.7. The van der Waals surface area contributed by atoms with Crippen LogP contribution in [0.1, 0.15) is 26.7 Å². The van der Waals surface area contributed by atoms with Crippen molar-refractivity contribution in [3.63, 3.8) is 0 Å². The highest BCUT2D eigenvalue weighted by Crippen LogP contribution is 2.21. The van der Waals surface area contributed by atoms with Crippen LogP contribution >= 0.6 is 0 Å². The van der Waals surface area contributed by atoms with Gasteiger partial charge in [-0.15, -0.1) is 0 Å². The first-order valence-electron chi connectivity index (χ1n) is 10.3. The summed E-state index contributed by atoms with van der Waals surface area (Å²) in [6.45, 7) is 6.91. The van der Waals surface area contributed by atoms with Crippen molar-refractivity contribution in [1.29, 1.82) is 0 Å². The summed E-state index contributed by atoms with van der Waals surface area (Å²) in [5.41, 5.74) is 0. The lowest BCUT2D eigenvalue weighted by Gasteiger charge is -2.26. The predicted octanol–water partition coefficient (Wildman–Crippen LogP) is 1.65. The molecule has 1 amide bonds.